The van der Waals surface area contributed by atoms with Gasteiger partial charge in [0.15, 0.2) is 0 Å². The van der Waals surface area contributed by atoms with Gasteiger partial charge in [0.1, 0.15) is 5.75 Å². The van der Waals surface area contributed by atoms with Gasteiger partial charge >= 0.3 is 0 Å². The second-order valence-corrected chi connectivity index (χ2v) is 5.00. The van der Waals surface area contributed by atoms with Crippen LogP contribution in [0.4, 0.5) is 0 Å². The fourth-order valence-corrected chi connectivity index (χ4v) is 2.29. The first-order valence-electron chi connectivity index (χ1n) is 6.45. The van der Waals surface area contributed by atoms with Crippen LogP contribution < -0.4 is 5.73 Å². The van der Waals surface area contributed by atoms with Gasteiger partial charge in [-0.05, 0) is 37.6 Å². The summed E-state index contributed by atoms with van der Waals surface area (Å²) in [7, 11) is 0. The lowest BCUT2D eigenvalue weighted by Crippen LogP contribution is -2.53. The van der Waals surface area contributed by atoms with Crippen molar-refractivity contribution in [2.75, 3.05) is 19.7 Å². The van der Waals surface area contributed by atoms with E-state index in [1.165, 1.54) is 6.07 Å². The molecule has 5 heteroatoms. The Bertz CT molecular complexity index is 476. The molecule has 0 aromatic heterocycles. The van der Waals surface area contributed by atoms with Crippen molar-refractivity contribution in [1.29, 1.82) is 0 Å². The van der Waals surface area contributed by atoms with E-state index >= 15 is 0 Å². The maximum atomic E-state index is 12.6. The molecule has 0 aliphatic carbocycles. The van der Waals surface area contributed by atoms with Gasteiger partial charge in [-0.25, -0.2) is 0 Å². The number of amides is 1. The van der Waals surface area contributed by atoms with E-state index < -0.39 is 0 Å². The molecule has 2 atom stereocenters. The van der Waals surface area contributed by atoms with Crippen molar-refractivity contribution in [3.8, 4) is 5.75 Å². The zero-order valence-electron chi connectivity index (χ0n) is 11.3. The minimum atomic E-state index is -0.0995. The molecule has 1 heterocycles. The SMILES string of the molecule is Cc1cc(O)ccc1C(=O)N1CC(CN)OCC1C. The molecule has 1 aromatic carbocycles. The van der Waals surface area contributed by atoms with Crippen LogP contribution in [0.2, 0.25) is 0 Å². The molecule has 1 fully saturated rings. The number of nitrogens with two attached hydrogens (primary N) is 1. The van der Waals surface area contributed by atoms with Crippen molar-refractivity contribution in [3.05, 3.63) is 29.3 Å². The van der Waals surface area contributed by atoms with Crippen LogP contribution in [-0.2, 0) is 4.74 Å². The molecule has 0 radical (unpaired) electrons. The second kappa shape index (κ2) is 5.59. The van der Waals surface area contributed by atoms with Gasteiger partial charge in [-0.2, -0.15) is 0 Å². The summed E-state index contributed by atoms with van der Waals surface area (Å²) in [6, 6.07) is 4.82. The third kappa shape index (κ3) is 2.88. The molecule has 1 aliphatic rings. The van der Waals surface area contributed by atoms with E-state index in [-0.39, 0.29) is 23.8 Å². The molecule has 0 saturated carbocycles. The minimum absolute atomic E-state index is 0.0310. The molecule has 1 aliphatic heterocycles. The van der Waals surface area contributed by atoms with E-state index in [0.717, 1.165) is 5.56 Å². The summed E-state index contributed by atoms with van der Waals surface area (Å²) in [6.45, 7) is 5.20. The number of hydrogen-bond acceptors (Lipinski definition) is 4. The number of phenolic OH excluding ortho intramolecular Hbond substituents is 1. The van der Waals surface area contributed by atoms with Gasteiger partial charge in [-0.1, -0.05) is 0 Å². The Hall–Kier alpha value is -1.59. The maximum Gasteiger partial charge on any atom is 0.254 e. The number of aryl methyl sites for hydroxylation is 1. The van der Waals surface area contributed by atoms with Crippen molar-refractivity contribution in [2.24, 2.45) is 5.73 Å². The number of ether oxygens (including phenoxy) is 1. The Kier molecular flexibility index (Phi) is 4.07. The summed E-state index contributed by atoms with van der Waals surface area (Å²) < 4.78 is 5.55. The summed E-state index contributed by atoms with van der Waals surface area (Å²) >= 11 is 0. The van der Waals surface area contributed by atoms with Crippen LogP contribution in [0.25, 0.3) is 0 Å². The average molecular weight is 264 g/mol. The highest BCUT2D eigenvalue weighted by Gasteiger charge is 2.30. The van der Waals surface area contributed by atoms with Crippen molar-refractivity contribution in [3.63, 3.8) is 0 Å². The minimum Gasteiger partial charge on any atom is -0.508 e. The fraction of sp³-hybridized carbons (Fsp3) is 0.500. The number of rotatable bonds is 2. The molecule has 1 saturated heterocycles. The van der Waals surface area contributed by atoms with Crippen LogP contribution >= 0.6 is 0 Å². The maximum absolute atomic E-state index is 12.6. The molecule has 1 amide bonds. The van der Waals surface area contributed by atoms with Crippen LogP contribution in [0.15, 0.2) is 18.2 Å². The molecule has 0 spiro atoms. The molecule has 0 bridgehead atoms. The largest absolute Gasteiger partial charge is 0.508 e. The van der Waals surface area contributed by atoms with Crippen LogP contribution in [0.1, 0.15) is 22.8 Å². The first-order valence-corrected chi connectivity index (χ1v) is 6.45. The standard InChI is InChI=1S/C14H20N2O3/c1-9-5-11(17)3-4-13(9)14(18)16-7-12(6-15)19-8-10(16)2/h3-5,10,12,17H,6-8,15H2,1-2H3. The normalized spacial score (nSPS) is 23.4. The zero-order chi connectivity index (χ0) is 14.0. The number of nitrogens with zero attached hydrogens (tertiary/aromatic N) is 1. The number of carbonyl (C=O) groups is 1. The highest BCUT2D eigenvalue weighted by atomic mass is 16.5. The van der Waals surface area contributed by atoms with Gasteiger partial charge in [0.25, 0.3) is 5.91 Å². The summed E-state index contributed by atoms with van der Waals surface area (Å²) in [5.74, 6) is 0.135. The summed E-state index contributed by atoms with van der Waals surface area (Å²) in [5.41, 5.74) is 6.99. The Morgan fingerprint density at radius 1 is 1.58 bits per heavy atom. The Morgan fingerprint density at radius 2 is 2.32 bits per heavy atom. The molecule has 104 valence electrons. The fourth-order valence-electron chi connectivity index (χ4n) is 2.29. The first-order chi connectivity index (χ1) is 9.02. The number of benzene rings is 1. The van der Waals surface area contributed by atoms with Gasteiger partial charge in [0.05, 0.1) is 18.8 Å². The summed E-state index contributed by atoms with van der Waals surface area (Å²) in [5, 5.41) is 9.40. The molecule has 2 unspecified atom stereocenters. The van der Waals surface area contributed by atoms with Gasteiger partial charge in [0, 0.05) is 18.7 Å². The van der Waals surface area contributed by atoms with Gasteiger partial charge in [0.2, 0.25) is 0 Å². The number of hydrogen-bond donors (Lipinski definition) is 2. The Balaban J connectivity index is 2.22. The van der Waals surface area contributed by atoms with E-state index in [0.29, 0.717) is 25.3 Å². The molecule has 2 rings (SSSR count). The van der Waals surface area contributed by atoms with E-state index in [1.807, 2.05) is 13.8 Å². The first kappa shape index (κ1) is 13.8. The van der Waals surface area contributed by atoms with Crippen LogP contribution in [0, 0.1) is 6.92 Å². The van der Waals surface area contributed by atoms with Gasteiger partial charge in [-0.3, -0.25) is 4.79 Å². The lowest BCUT2D eigenvalue weighted by atomic mass is 10.1. The monoisotopic (exact) mass is 264 g/mol. The summed E-state index contributed by atoms with van der Waals surface area (Å²) in [6.07, 6.45) is -0.0995. The molecule has 1 aromatic rings. The topological polar surface area (TPSA) is 75.8 Å². The molecular weight excluding hydrogens is 244 g/mol. The predicted octanol–water partition coefficient (Wildman–Crippen LogP) is 0.889. The van der Waals surface area contributed by atoms with Gasteiger partial charge in [-0.15, -0.1) is 0 Å². The Labute approximate surface area is 113 Å². The third-order valence-electron chi connectivity index (χ3n) is 3.47. The lowest BCUT2D eigenvalue weighted by molar-refractivity contribution is -0.0426. The summed E-state index contributed by atoms with van der Waals surface area (Å²) in [4.78, 5) is 14.3. The smallest absolute Gasteiger partial charge is 0.254 e. The molecule has 3 N–H and O–H groups in total. The predicted molar refractivity (Wildman–Crippen MR) is 72.1 cm³/mol. The quantitative estimate of drug-likeness (QED) is 0.831. The highest BCUT2D eigenvalue weighted by Crippen LogP contribution is 2.20. The van der Waals surface area contributed by atoms with Crippen LogP contribution in [0.5, 0.6) is 5.75 Å². The van der Waals surface area contributed by atoms with E-state index in [4.69, 9.17) is 10.5 Å². The van der Waals surface area contributed by atoms with E-state index in [9.17, 15) is 9.90 Å². The van der Waals surface area contributed by atoms with Crippen molar-refractivity contribution < 1.29 is 14.6 Å². The molecule has 5 nitrogen and oxygen atoms in total. The molecular formula is C14H20N2O3. The average Bonchev–Trinajstić information content (AvgIpc) is 2.38. The lowest BCUT2D eigenvalue weighted by Gasteiger charge is -2.38. The van der Waals surface area contributed by atoms with Crippen molar-refractivity contribution >= 4 is 5.91 Å². The third-order valence-corrected chi connectivity index (χ3v) is 3.47. The number of carbonyl (C=O) groups excluding carboxylic acids is 1. The van der Waals surface area contributed by atoms with E-state index in [2.05, 4.69) is 0 Å². The second-order valence-electron chi connectivity index (χ2n) is 5.00. The van der Waals surface area contributed by atoms with Gasteiger partial charge < -0.3 is 20.5 Å². The molecule has 19 heavy (non-hydrogen) atoms. The van der Waals surface area contributed by atoms with Crippen molar-refractivity contribution in [1.82, 2.24) is 4.90 Å². The van der Waals surface area contributed by atoms with Crippen molar-refractivity contribution in [2.45, 2.75) is 26.0 Å². The highest BCUT2D eigenvalue weighted by molar-refractivity contribution is 5.96. The number of morpholine rings is 1. The van der Waals surface area contributed by atoms with E-state index in [1.54, 1.807) is 17.0 Å². The zero-order valence-corrected chi connectivity index (χ0v) is 11.3. The number of aromatic hydroxyl groups is 1. The van der Waals surface area contributed by atoms with Crippen LogP contribution in [0.3, 0.4) is 0 Å². The number of phenols is 1. The van der Waals surface area contributed by atoms with Crippen LogP contribution in [-0.4, -0.2) is 47.8 Å². The Morgan fingerprint density at radius 3 is 2.95 bits per heavy atom.